The van der Waals surface area contributed by atoms with Gasteiger partial charge in [-0.2, -0.15) is 4.98 Å². The van der Waals surface area contributed by atoms with Gasteiger partial charge >= 0.3 is 0 Å². The fourth-order valence-electron chi connectivity index (χ4n) is 1.40. The van der Waals surface area contributed by atoms with Gasteiger partial charge in [0, 0.05) is 6.20 Å². The molecule has 0 saturated carbocycles. The molecule has 2 heterocycles. The topological polar surface area (TPSA) is 133 Å². The first-order valence-electron chi connectivity index (χ1n) is 6.48. The number of fused-ring (bicyclic) bond motifs is 1. The predicted molar refractivity (Wildman–Crippen MR) is 97.4 cm³/mol. The fourth-order valence-corrected chi connectivity index (χ4v) is 2.26. The number of aromatic nitrogens is 2. The molecule has 2 rings (SSSR count). The van der Waals surface area contributed by atoms with Gasteiger partial charge in [0.15, 0.2) is 6.29 Å². The van der Waals surface area contributed by atoms with Gasteiger partial charge in [-0.1, -0.05) is 24.3 Å². The van der Waals surface area contributed by atoms with Crippen LogP contribution in [0.15, 0.2) is 47.6 Å². The van der Waals surface area contributed by atoms with E-state index in [1.165, 1.54) is 17.7 Å². The van der Waals surface area contributed by atoms with Gasteiger partial charge in [0.25, 0.3) is 0 Å². The number of hydrogen-bond acceptors (Lipinski definition) is 7. The van der Waals surface area contributed by atoms with Crippen molar-refractivity contribution in [3.8, 4) is 0 Å². The van der Waals surface area contributed by atoms with Crippen LogP contribution in [0.3, 0.4) is 0 Å². The Morgan fingerprint density at radius 1 is 1.39 bits per heavy atom. The molecule has 6 N–H and O–H groups in total. The highest BCUT2D eigenvalue weighted by molar-refractivity contribution is 7.20. The van der Waals surface area contributed by atoms with Crippen molar-refractivity contribution in [2.45, 2.75) is 6.92 Å². The van der Waals surface area contributed by atoms with Crippen molar-refractivity contribution < 1.29 is 4.79 Å². The molecule has 0 aromatic carbocycles. The molecule has 0 saturated heterocycles. The number of nitrogens with two attached hydrogens (primary N) is 3. The zero-order valence-electron chi connectivity index (χ0n) is 12.6. The lowest BCUT2D eigenvalue weighted by atomic mass is 10.3. The van der Waals surface area contributed by atoms with Crippen molar-refractivity contribution >= 4 is 45.9 Å². The maximum Gasteiger partial charge on any atom is 0.223 e. The molecule has 0 unspecified atom stereocenters. The Labute approximate surface area is 137 Å². The molecule has 0 fully saturated rings. The second kappa shape index (κ2) is 9.11. The van der Waals surface area contributed by atoms with E-state index in [-0.39, 0.29) is 5.95 Å². The summed E-state index contributed by atoms with van der Waals surface area (Å²) < 4.78 is 0. The van der Waals surface area contributed by atoms with Gasteiger partial charge in [-0.15, -0.1) is 11.3 Å². The number of nitrogen functional groups attached to an aromatic ring is 2. The Balaban J connectivity index is 0.000000241. The highest BCUT2D eigenvalue weighted by atomic mass is 32.1. The van der Waals surface area contributed by atoms with Gasteiger partial charge in [-0.3, -0.25) is 4.79 Å². The molecule has 2 aromatic rings. The van der Waals surface area contributed by atoms with Crippen LogP contribution in [0.25, 0.3) is 10.2 Å². The summed E-state index contributed by atoms with van der Waals surface area (Å²) in [5.41, 5.74) is 17.1. The Morgan fingerprint density at radius 3 is 2.74 bits per heavy atom. The number of aldehydes is 1. The summed E-state index contributed by atoms with van der Waals surface area (Å²) in [4.78, 5) is 23.1. The first-order valence-corrected chi connectivity index (χ1v) is 7.30. The van der Waals surface area contributed by atoms with Crippen LogP contribution in [-0.4, -0.2) is 22.6 Å². The summed E-state index contributed by atoms with van der Waals surface area (Å²) in [6, 6.07) is 1.65. The summed E-state index contributed by atoms with van der Waals surface area (Å²) in [6.07, 6.45) is 9.10. The lowest BCUT2D eigenvalue weighted by Gasteiger charge is -1.95. The normalized spacial score (nSPS) is 11.6. The molecular formula is C15H18N6OS. The molecule has 7 nitrogen and oxygen atoms in total. The van der Waals surface area contributed by atoms with Gasteiger partial charge in [0.05, 0.1) is 16.6 Å². The predicted octanol–water partition coefficient (Wildman–Crippen LogP) is 2.29. The Hall–Kier alpha value is -3.00. The standard InChI is InChI=1S/C8H12N2.C7H6N4OS/c1-3-8(2)5-4-6-10-7-9;8-5-4-1-3(2-12)13-6(4)11-7(9)10-5/h3-7H,1H2,2H3,(H2,9,10);1-2H,(H4,8,9,10,11)/b6-4+,8-5-;. The van der Waals surface area contributed by atoms with Crippen LogP contribution in [0.4, 0.5) is 11.8 Å². The van der Waals surface area contributed by atoms with E-state index in [2.05, 4.69) is 21.5 Å². The highest BCUT2D eigenvalue weighted by Crippen LogP contribution is 2.26. The number of rotatable bonds is 4. The van der Waals surface area contributed by atoms with Crippen LogP contribution in [0.1, 0.15) is 16.6 Å². The molecule has 0 radical (unpaired) electrons. The monoisotopic (exact) mass is 330 g/mol. The van der Waals surface area contributed by atoms with E-state index in [0.717, 1.165) is 11.9 Å². The highest BCUT2D eigenvalue weighted by Gasteiger charge is 2.07. The molecular weight excluding hydrogens is 312 g/mol. The van der Waals surface area contributed by atoms with Gasteiger partial charge in [0.2, 0.25) is 5.95 Å². The van der Waals surface area contributed by atoms with Gasteiger partial charge < -0.3 is 17.2 Å². The molecule has 0 atom stereocenters. The van der Waals surface area contributed by atoms with Crippen LogP contribution in [0.5, 0.6) is 0 Å². The summed E-state index contributed by atoms with van der Waals surface area (Å²) in [7, 11) is 0. The summed E-state index contributed by atoms with van der Waals surface area (Å²) in [6.45, 7) is 5.56. The van der Waals surface area contributed by atoms with Crippen LogP contribution in [-0.2, 0) is 0 Å². The minimum Gasteiger partial charge on any atom is -0.390 e. The third kappa shape index (κ3) is 5.71. The number of carbonyl (C=O) groups is 1. The SMILES string of the molecule is C=C/C(C)=C\C=C\N=CN.Nc1nc(N)c2cc(C=O)sc2n1. The number of carbonyl (C=O) groups excluding carboxylic acids is 1. The molecule has 0 spiro atoms. The number of aliphatic imine (C=N–C) groups is 1. The molecule has 0 aliphatic rings. The maximum absolute atomic E-state index is 10.5. The first-order chi connectivity index (χ1) is 11.0. The van der Waals surface area contributed by atoms with E-state index in [1.54, 1.807) is 24.4 Å². The smallest absolute Gasteiger partial charge is 0.223 e. The fraction of sp³-hybridized carbons (Fsp3) is 0.0667. The van der Waals surface area contributed by atoms with E-state index < -0.39 is 0 Å². The molecule has 0 aliphatic carbocycles. The second-order valence-electron chi connectivity index (χ2n) is 4.21. The molecule has 0 amide bonds. The van der Waals surface area contributed by atoms with Crippen molar-refractivity contribution in [3.05, 3.63) is 47.5 Å². The van der Waals surface area contributed by atoms with Crippen molar-refractivity contribution in [1.82, 2.24) is 9.97 Å². The lowest BCUT2D eigenvalue weighted by molar-refractivity contribution is 0.112. The largest absolute Gasteiger partial charge is 0.390 e. The lowest BCUT2D eigenvalue weighted by Crippen LogP contribution is -1.98. The van der Waals surface area contributed by atoms with Gasteiger partial charge in [-0.05, 0) is 19.1 Å². The minimum atomic E-state index is 0.129. The number of anilines is 2. The third-order valence-electron chi connectivity index (χ3n) is 2.51. The zero-order chi connectivity index (χ0) is 17.2. The molecule has 23 heavy (non-hydrogen) atoms. The zero-order valence-corrected chi connectivity index (χ0v) is 13.5. The van der Waals surface area contributed by atoms with Crippen LogP contribution in [0, 0.1) is 0 Å². The molecule has 0 aliphatic heterocycles. The van der Waals surface area contributed by atoms with Crippen molar-refractivity contribution in [3.63, 3.8) is 0 Å². The van der Waals surface area contributed by atoms with E-state index in [0.29, 0.717) is 20.9 Å². The van der Waals surface area contributed by atoms with E-state index in [9.17, 15) is 4.79 Å². The van der Waals surface area contributed by atoms with Crippen LogP contribution < -0.4 is 17.2 Å². The minimum absolute atomic E-state index is 0.129. The summed E-state index contributed by atoms with van der Waals surface area (Å²) in [5, 5.41) is 0.682. The van der Waals surface area contributed by atoms with Gasteiger partial charge in [-0.25, -0.2) is 9.98 Å². The Bertz CT molecular complexity index is 776. The molecule has 120 valence electrons. The number of thiophene rings is 1. The van der Waals surface area contributed by atoms with Gasteiger partial charge in [0.1, 0.15) is 10.6 Å². The molecule has 8 heteroatoms. The maximum atomic E-state index is 10.5. The van der Waals surface area contributed by atoms with E-state index in [1.807, 2.05) is 13.0 Å². The number of nitrogens with zero attached hydrogens (tertiary/aromatic N) is 3. The average Bonchev–Trinajstić information content (AvgIpc) is 2.95. The third-order valence-corrected chi connectivity index (χ3v) is 3.47. The second-order valence-corrected chi connectivity index (χ2v) is 5.27. The summed E-state index contributed by atoms with van der Waals surface area (Å²) in [5.74, 6) is 0.441. The van der Waals surface area contributed by atoms with E-state index in [4.69, 9.17) is 17.2 Å². The van der Waals surface area contributed by atoms with Crippen LogP contribution >= 0.6 is 11.3 Å². The Morgan fingerprint density at radius 2 is 2.13 bits per heavy atom. The average molecular weight is 330 g/mol. The van der Waals surface area contributed by atoms with Crippen molar-refractivity contribution in [2.75, 3.05) is 11.5 Å². The number of allylic oxidation sites excluding steroid dienone is 4. The first kappa shape index (κ1) is 18.1. The van der Waals surface area contributed by atoms with Crippen molar-refractivity contribution in [1.29, 1.82) is 0 Å². The van der Waals surface area contributed by atoms with Crippen molar-refractivity contribution in [2.24, 2.45) is 10.7 Å². The summed E-state index contributed by atoms with van der Waals surface area (Å²) >= 11 is 1.25. The van der Waals surface area contributed by atoms with Crippen LogP contribution in [0.2, 0.25) is 0 Å². The molecule has 0 bridgehead atoms. The molecule has 2 aromatic heterocycles. The Kier molecular flexibility index (Phi) is 7.15. The van der Waals surface area contributed by atoms with E-state index >= 15 is 0 Å². The quantitative estimate of drug-likeness (QED) is 0.341. The number of hydrogen-bond donors (Lipinski definition) is 3.